The van der Waals surface area contributed by atoms with Gasteiger partial charge in [-0.15, -0.1) is 21.5 Å². The van der Waals surface area contributed by atoms with Crippen molar-refractivity contribution < 1.29 is 25.5 Å². The average Bonchev–Trinajstić information content (AvgIpc) is 3.66. The zero-order valence-electron chi connectivity index (χ0n) is 22.9. The lowest BCUT2D eigenvalue weighted by Crippen LogP contribution is -2.35. The molecule has 0 aliphatic carbocycles. The third-order valence-corrected chi connectivity index (χ3v) is 8.14. The molecule has 9 nitrogen and oxygen atoms in total. The van der Waals surface area contributed by atoms with E-state index in [1.165, 1.54) is 0 Å². The van der Waals surface area contributed by atoms with Crippen molar-refractivity contribution in [1.29, 1.82) is 0 Å². The first kappa shape index (κ1) is 27.6. The monoisotopic (exact) mass is 599 g/mol. The summed E-state index contributed by atoms with van der Waals surface area (Å²) in [7, 11) is 3.26. The number of hydrogen-bond donors (Lipinski definition) is 2. The second-order valence-electron chi connectivity index (χ2n) is 9.73. The summed E-state index contributed by atoms with van der Waals surface area (Å²) in [5.74, 6) is 1.61. The van der Waals surface area contributed by atoms with Crippen LogP contribution in [0.1, 0.15) is 24.9 Å². The van der Waals surface area contributed by atoms with Crippen LogP contribution in [0.2, 0.25) is 0 Å². The maximum absolute atomic E-state index is 13.2. The SMILES string of the molecule is COc1ccc(CNc2nccc3c(NCc4cc(N5CCn6c(nnc6C(F)(F)F)C5)cs4)cccc23)c(OC)c1.[HH].[HH]. The molecular formula is C29H32F3N7O2S. The van der Waals surface area contributed by atoms with Crippen molar-refractivity contribution in [2.75, 3.05) is 36.3 Å². The van der Waals surface area contributed by atoms with Gasteiger partial charge in [0.05, 0.1) is 20.8 Å². The number of rotatable bonds is 9. The Kier molecular flexibility index (Phi) is 7.50. The summed E-state index contributed by atoms with van der Waals surface area (Å²) in [5, 5.41) is 18.2. The van der Waals surface area contributed by atoms with Crippen molar-refractivity contribution in [2.24, 2.45) is 0 Å². The van der Waals surface area contributed by atoms with E-state index >= 15 is 0 Å². The van der Waals surface area contributed by atoms with Crippen LogP contribution in [0.25, 0.3) is 10.8 Å². The summed E-state index contributed by atoms with van der Waals surface area (Å²) >= 11 is 1.60. The number of ether oxygens (including phenoxy) is 2. The Labute approximate surface area is 246 Å². The molecule has 0 amide bonds. The quantitative estimate of drug-likeness (QED) is 0.195. The van der Waals surface area contributed by atoms with E-state index in [2.05, 4.69) is 31.9 Å². The third kappa shape index (κ3) is 5.51. The minimum absolute atomic E-state index is 0. The maximum atomic E-state index is 13.2. The van der Waals surface area contributed by atoms with Gasteiger partial charge >= 0.3 is 6.18 Å². The molecule has 0 saturated heterocycles. The third-order valence-electron chi connectivity index (χ3n) is 7.21. The van der Waals surface area contributed by atoms with E-state index in [1.807, 2.05) is 52.7 Å². The number of benzene rings is 2. The summed E-state index contributed by atoms with van der Waals surface area (Å²) < 4.78 is 51.5. The van der Waals surface area contributed by atoms with Crippen LogP contribution in [0, 0.1) is 0 Å². The maximum Gasteiger partial charge on any atom is 0.451 e. The van der Waals surface area contributed by atoms with Gasteiger partial charge < -0.3 is 29.6 Å². The molecule has 0 radical (unpaired) electrons. The fourth-order valence-electron chi connectivity index (χ4n) is 5.08. The van der Waals surface area contributed by atoms with Crippen LogP contribution in [0.5, 0.6) is 11.5 Å². The van der Waals surface area contributed by atoms with Crippen LogP contribution in [-0.4, -0.2) is 40.5 Å². The van der Waals surface area contributed by atoms with Crippen LogP contribution < -0.4 is 25.0 Å². The number of fused-ring (bicyclic) bond motifs is 2. The number of pyridine rings is 1. The summed E-state index contributed by atoms with van der Waals surface area (Å²) in [6.45, 7) is 2.04. The van der Waals surface area contributed by atoms with Gasteiger partial charge in [0.1, 0.15) is 17.3 Å². The Morgan fingerprint density at radius 3 is 2.67 bits per heavy atom. The van der Waals surface area contributed by atoms with Gasteiger partial charge in [-0.05, 0) is 30.3 Å². The molecule has 4 heterocycles. The Morgan fingerprint density at radius 1 is 0.976 bits per heavy atom. The molecule has 2 aromatic carbocycles. The summed E-state index contributed by atoms with van der Waals surface area (Å²) in [6.07, 6.45) is -2.73. The van der Waals surface area contributed by atoms with Crippen molar-refractivity contribution >= 4 is 39.3 Å². The Hall–Kier alpha value is -4.52. The lowest BCUT2D eigenvalue weighted by atomic mass is 10.1. The molecule has 0 saturated carbocycles. The zero-order valence-corrected chi connectivity index (χ0v) is 23.7. The minimum Gasteiger partial charge on any atom is -0.497 e. The molecule has 222 valence electrons. The van der Waals surface area contributed by atoms with Gasteiger partial charge in [-0.2, -0.15) is 13.2 Å². The first-order valence-electron chi connectivity index (χ1n) is 13.2. The minimum atomic E-state index is -4.51. The number of nitrogens with zero attached hydrogens (tertiary/aromatic N) is 5. The molecule has 1 aliphatic rings. The van der Waals surface area contributed by atoms with Crippen molar-refractivity contribution in [3.8, 4) is 11.5 Å². The molecule has 1 aliphatic heterocycles. The summed E-state index contributed by atoms with van der Waals surface area (Å²) in [4.78, 5) is 7.71. The van der Waals surface area contributed by atoms with Crippen molar-refractivity contribution in [2.45, 2.75) is 32.4 Å². The second-order valence-corrected chi connectivity index (χ2v) is 10.7. The molecule has 0 atom stereocenters. The molecule has 2 N–H and O–H groups in total. The number of methoxy groups -OCH3 is 2. The number of halogens is 3. The fraction of sp³-hybridized carbons (Fsp3) is 0.276. The number of nitrogens with one attached hydrogen (secondary N) is 2. The molecule has 5 aromatic rings. The highest BCUT2D eigenvalue weighted by Gasteiger charge is 2.39. The lowest BCUT2D eigenvalue weighted by Gasteiger charge is -2.28. The van der Waals surface area contributed by atoms with Crippen LogP contribution >= 0.6 is 11.3 Å². The van der Waals surface area contributed by atoms with Gasteiger partial charge in [-0.3, -0.25) is 0 Å². The molecule has 0 fully saturated rings. The highest BCUT2D eigenvalue weighted by Crippen LogP contribution is 2.33. The van der Waals surface area contributed by atoms with Gasteiger partial charge in [-0.1, -0.05) is 12.1 Å². The predicted molar refractivity (Wildman–Crippen MR) is 161 cm³/mol. The summed E-state index contributed by atoms with van der Waals surface area (Å²) in [6, 6.07) is 15.8. The first-order valence-corrected chi connectivity index (χ1v) is 14.1. The molecule has 0 unspecified atom stereocenters. The number of aromatic nitrogens is 4. The van der Waals surface area contributed by atoms with E-state index in [4.69, 9.17) is 9.47 Å². The Bertz CT molecular complexity index is 1730. The van der Waals surface area contributed by atoms with E-state index in [0.29, 0.717) is 25.5 Å². The van der Waals surface area contributed by atoms with Crippen LogP contribution in [0.15, 0.2) is 60.1 Å². The number of thiophene rings is 1. The number of hydrogen-bond acceptors (Lipinski definition) is 9. The molecule has 0 spiro atoms. The molecule has 3 aromatic heterocycles. The molecule has 0 bridgehead atoms. The fourth-order valence-corrected chi connectivity index (χ4v) is 5.91. The van der Waals surface area contributed by atoms with Crippen LogP contribution in [0.4, 0.5) is 30.4 Å². The molecule has 42 heavy (non-hydrogen) atoms. The predicted octanol–water partition coefficient (Wildman–Crippen LogP) is 6.66. The molecular weight excluding hydrogens is 567 g/mol. The largest absolute Gasteiger partial charge is 0.497 e. The van der Waals surface area contributed by atoms with E-state index in [-0.39, 0.29) is 15.9 Å². The number of anilines is 3. The van der Waals surface area contributed by atoms with Gasteiger partial charge in [0.2, 0.25) is 5.82 Å². The Morgan fingerprint density at radius 2 is 1.86 bits per heavy atom. The van der Waals surface area contributed by atoms with Crippen molar-refractivity contribution in [3.05, 3.63) is 82.2 Å². The summed E-state index contributed by atoms with van der Waals surface area (Å²) in [5.41, 5.74) is 2.91. The molecule has 6 rings (SSSR count). The van der Waals surface area contributed by atoms with Crippen molar-refractivity contribution in [1.82, 2.24) is 19.7 Å². The molecule has 13 heteroatoms. The van der Waals surface area contributed by atoms with E-state index in [1.54, 1.807) is 31.8 Å². The normalized spacial score (nSPS) is 13.2. The van der Waals surface area contributed by atoms with Crippen LogP contribution in [0.3, 0.4) is 0 Å². The highest BCUT2D eigenvalue weighted by atomic mass is 32.1. The van der Waals surface area contributed by atoms with Gasteiger partial charge in [0.25, 0.3) is 0 Å². The smallest absolute Gasteiger partial charge is 0.451 e. The number of alkyl halides is 3. The van der Waals surface area contributed by atoms with Crippen LogP contribution in [-0.2, 0) is 32.4 Å². The Balaban J connectivity index is 0.00000221. The van der Waals surface area contributed by atoms with Crippen molar-refractivity contribution in [3.63, 3.8) is 0 Å². The van der Waals surface area contributed by atoms with Gasteiger partial charge in [0, 0.05) is 79.3 Å². The second kappa shape index (κ2) is 11.4. The van der Waals surface area contributed by atoms with Gasteiger partial charge in [-0.25, -0.2) is 4.98 Å². The van der Waals surface area contributed by atoms with E-state index in [0.717, 1.165) is 54.5 Å². The topological polar surface area (TPSA) is 89.4 Å². The first-order chi connectivity index (χ1) is 20.3. The van der Waals surface area contributed by atoms with E-state index < -0.39 is 12.0 Å². The lowest BCUT2D eigenvalue weighted by molar-refractivity contribution is -0.147. The average molecular weight is 600 g/mol. The standard InChI is InChI=1S/C29H28F3N7O2S.2H2/c1-40-20-7-6-18(25(13-20)41-2)14-35-27-23-4-3-5-24(22(23)8-9-33-27)34-15-21-12-19(17-42-21)38-10-11-39-26(16-38)36-37-28(39)29(30,31)32;;/h3-9,12-13,17,34H,10-11,14-16H2,1-2H3,(H,33,35);2*1H. The van der Waals surface area contributed by atoms with E-state index in [9.17, 15) is 13.2 Å². The highest BCUT2D eigenvalue weighted by molar-refractivity contribution is 7.10. The zero-order chi connectivity index (χ0) is 29.3. The van der Waals surface area contributed by atoms with Gasteiger partial charge in [0.15, 0.2) is 5.82 Å².